The molecular formula is C16H16BrNO3. The van der Waals surface area contributed by atoms with Crippen molar-refractivity contribution in [1.82, 2.24) is 0 Å². The minimum atomic E-state index is 0.201. The van der Waals surface area contributed by atoms with Crippen molar-refractivity contribution in [1.29, 1.82) is 0 Å². The van der Waals surface area contributed by atoms with Crippen LogP contribution in [0.25, 0.3) is 0 Å². The number of phenols is 1. The molecule has 2 aromatic carbocycles. The molecule has 0 aliphatic carbocycles. The molecule has 0 aliphatic rings. The van der Waals surface area contributed by atoms with Crippen LogP contribution in [0.4, 0.5) is 0 Å². The maximum Gasteiger partial charge on any atom is 0.161 e. The fourth-order valence-electron chi connectivity index (χ4n) is 1.74. The lowest BCUT2D eigenvalue weighted by Crippen LogP contribution is -2.02. The average Bonchev–Trinajstić information content (AvgIpc) is 2.50. The van der Waals surface area contributed by atoms with Crippen molar-refractivity contribution in [2.24, 2.45) is 4.99 Å². The van der Waals surface area contributed by atoms with E-state index in [0.29, 0.717) is 30.2 Å². The molecule has 2 rings (SSSR count). The van der Waals surface area contributed by atoms with Gasteiger partial charge in [-0.05, 0) is 30.3 Å². The monoisotopic (exact) mass is 349 g/mol. The first kappa shape index (κ1) is 15.4. The lowest BCUT2D eigenvalue weighted by molar-refractivity contribution is 0.303. The van der Waals surface area contributed by atoms with Gasteiger partial charge < -0.3 is 14.6 Å². The zero-order chi connectivity index (χ0) is 15.1. The van der Waals surface area contributed by atoms with E-state index < -0.39 is 0 Å². The van der Waals surface area contributed by atoms with E-state index >= 15 is 0 Å². The highest BCUT2D eigenvalue weighted by atomic mass is 79.9. The van der Waals surface area contributed by atoms with Crippen LogP contribution in [0.1, 0.15) is 5.56 Å². The maximum atomic E-state index is 9.68. The zero-order valence-electron chi connectivity index (χ0n) is 11.6. The third-order valence-corrected chi connectivity index (χ3v) is 3.26. The van der Waals surface area contributed by atoms with Crippen LogP contribution in [-0.4, -0.2) is 31.6 Å². The van der Waals surface area contributed by atoms with Crippen molar-refractivity contribution in [3.05, 3.63) is 52.5 Å². The fourth-order valence-corrected chi connectivity index (χ4v) is 2.12. The summed E-state index contributed by atoms with van der Waals surface area (Å²) in [7, 11) is 1.61. The number of methoxy groups -OCH3 is 1. The highest BCUT2D eigenvalue weighted by Gasteiger charge is 2.01. The number of nitrogens with zero attached hydrogens (tertiary/aromatic N) is 1. The Balaban J connectivity index is 1.87. The van der Waals surface area contributed by atoms with Crippen LogP contribution in [0, 0.1) is 0 Å². The smallest absolute Gasteiger partial charge is 0.161 e. The lowest BCUT2D eigenvalue weighted by atomic mass is 10.2. The second kappa shape index (κ2) is 7.69. The molecule has 5 heteroatoms. The first-order chi connectivity index (χ1) is 10.2. The third kappa shape index (κ3) is 4.49. The number of ether oxygens (including phenoxy) is 2. The summed E-state index contributed by atoms with van der Waals surface area (Å²) in [5.41, 5.74) is 0.668. The minimum absolute atomic E-state index is 0.201. The third-order valence-electron chi connectivity index (χ3n) is 2.77. The Morgan fingerprint density at radius 3 is 2.71 bits per heavy atom. The van der Waals surface area contributed by atoms with E-state index in [2.05, 4.69) is 20.9 Å². The highest BCUT2D eigenvalue weighted by molar-refractivity contribution is 9.10. The molecule has 0 atom stereocenters. The van der Waals surface area contributed by atoms with Gasteiger partial charge in [0.25, 0.3) is 0 Å². The van der Waals surface area contributed by atoms with Crippen molar-refractivity contribution in [2.45, 2.75) is 0 Å². The van der Waals surface area contributed by atoms with Crippen molar-refractivity contribution in [3.63, 3.8) is 0 Å². The summed E-state index contributed by atoms with van der Waals surface area (Å²) in [5, 5.41) is 9.68. The molecule has 0 saturated heterocycles. The summed E-state index contributed by atoms with van der Waals surface area (Å²) in [5.74, 6) is 1.60. The number of hydrogen-bond donors (Lipinski definition) is 1. The van der Waals surface area contributed by atoms with Crippen LogP contribution >= 0.6 is 15.9 Å². The molecule has 0 unspecified atom stereocenters. The summed E-state index contributed by atoms with van der Waals surface area (Å²) >= 11 is 3.35. The van der Waals surface area contributed by atoms with Gasteiger partial charge in [0.1, 0.15) is 12.4 Å². The highest BCUT2D eigenvalue weighted by Crippen LogP contribution is 2.25. The second-order valence-corrected chi connectivity index (χ2v) is 5.15. The molecule has 0 aromatic heterocycles. The first-order valence-corrected chi connectivity index (χ1v) is 7.24. The fraction of sp³-hybridized carbons (Fsp3) is 0.188. The topological polar surface area (TPSA) is 51.0 Å². The number of hydrogen-bond acceptors (Lipinski definition) is 4. The van der Waals surface area contributed by atoms with Gasteiger partial charge in [-0.25, -0.2) is 0 Å². The van der Waals surface area contributed by atoms with Gasteiger partial charge >= 0.3 is 0 Å². The number of aliphatic imine (C=N–C) groups is 1. The number of rotatable bonds is 6. The Bertz CT molecular complexity index is 629. The number of phenolic OH excluding ortho intramolecular Hbond substituents is 1. The SMILES string of the molecule is COc1ccccc1OCCN=Cc1cc(Br)ccc1O. The largest absolute Gasteiger partial charge is 0.507 e. The standard InChI is InChI=1S/C16H16BrNO3/c1-20-15-4-2-3-5-16(15)21-9-8-18-11-12-10-13(17)6-7-14(12)19/h2-7,10-11,19H,8-9H2,1H3. The zero-order valence-corrected chi connectivity index (χ0v) is 13.2. The molecule has 21 heavy (non-hydrogen) atoms. The lowest BCUT2D eigenvalue weighted by Gasteiger charge is -2.08. The predicted molar refractivity (Wildman–Crippen MR) is 86.8 cm³/mol. The van der Waals surface area contributed by atoms with E-state index in [9.17, 15) is 5.11 Å². The minimum Gasteiger partial charge on any atom is -0.507 e. The molecular weight excluding hydrogens is 334 g/mol. The molecule has 110 valence electrons. The van der Waals surface area contributed by atoms with Crippen LogP contribution in [-0.2, 0) is 0 Å². The molecule has 4 nitrogen and oxygen atoms in total. The molecule has 0 amide bonds. The molecule has 2 aromatic rings. The van der Waals surface area contributed by atoms with Gasteiger partial charge in [-0.3, -0.25) is 4.99 Å². The Morgan fingerprint density at radius 1 is 1.19 bits per heavy atom. The number of para-hydroxylation sites is 2. The molecule has 0 aliphatic heterocycles. The molecule has 0 radical (unpaired) electrons. The van der Waals surface area contributed by atoms with Crippen LogP contribution < -0.4 is 9.47 Å². The Kier molecular flexibility index (Phi) is 5.63. The van der Waals surface area contributed by atoms with E-state index in [1.165, 1.54) is 0 Å². The van der Waals surface area contributed by atoms with Crippen LogP contribution in [0.2, 0.25) is 0 Å². The average molecular weight is 350 g/mol. The molecule has 0 heterocycles. The Labute approximate surface area is 132 Å². The van der Waals surface area contributed by atoms with Gasteiger partial charge in [0.05, 0.1) is 13.7 Å². The summed E-state index contributed by atoms with van der Waals surface area (Å²) in [6.07, 6.45) is 1.63. The Hall–Kier alpha value is -2.01. The summed E-state index contributed by atoms with van der Waals surface area (Å²) in [4.78, 5) is 4.24. The van der Waals surface area contributed by atoms with Gasteiger partial charge in [-0.2, -0.15) is 0 Å². The summed E-state index contributed by atoms with van der Waals surface area (Å²) in [6, 6.07) is 12.7. The number of aromatic hydroxyl groups is 1. The summed E-state index contributed by atoms with van der Waals surface area (Å²) in [6.45, 7) is 0.926. The van der Waals surface area contributed by atoms with Crippen molar-refractivity contribution < 1.29 is 14.6 Å². The van der Waals surface area contributed by atoms with Gasteiger partial charge in [0.15, 0.2) is 11.5 Å². The van der Waals surface area contributed by atoms with Gasteiger partial charge in [0.2, 0.25) is 0 Å². The predicted octanol–water partition coefficient (Wildman–Crippen LogP) is 3.66. The van der Waals surface area contributed by atoms with Crippen LogP contribution in [0.15, 0.2) is 51.9 Å². The molecule has 0 spiro atoms. The van der Waals surface area contributed by atoms with Crippen molar-refractivity contribution in [2.75, 3.05) is 20.3 Å². The number of benzene rings is 2. The van der Waals surface area contributed by atoms with Gasteiger partial charge in [0, 0.05) is 16.3 Å². The van der Waals surface area contributed by atoms with Gasteiger partial charge in [-0.15, -0.1) is 0 Å². The normalized spacial score (nSPS) is 10.8. The quantitative estimate of drug-likeness (QED) is 0.639. The van der Waals surface area contributed by atoms with Crippen LogP contribution in [0.3, 0.4) is 0 Å². The van der Waals surface area contributed by atoms with Gasteiger partial charge in [-0.1, -0.05) is 28.1 Å². The molecule has 1 N–H and O–H groups in total. The molecule has 0 fully saturated rings. The van der Waals surface area contributed by atoms with E-state index in [4.69, 9.17) is 9.47 Å². The van der Waals surface area contributed by atoms with Crippen molar-refractivity contribution in [3.8, 4) is 17.2 Å². The molecule has 0 saturated carbocycles. The van der Waals surface area contributed by atoms with Crippen LogP contribution in [0.5, 0.6) is 17.2 Å². The Morgan fingerprint density at radius 2 is 1.95 bits per heavy atom. The number of halogens is 1. The second-order valence-electron chi connectivity index (χ2n) is 4.24. The maximum absolute atomic E-state index is 9.68. The van der Waals surface area contributed by atoms with E-state index in [0.717, 1.165) is 4.47 Å². The molecule has 0 bridgehead atoms. The first-order valence-electron chi connectivity index (χ1n) is 6.45. The van der Waals surface area contributed by atoms with E-state index in [1.54, 1.807) is 31.5 Å². The van der Waals surface area contributed by atoms with Crippen molar-refractivity contribution >= 4 is 22.1 Å². The van der Waals surface area contributed by atoms with E-state index in [1.807, 2.05) is 24.3 Å². The summed E-state index contributed by atoms with van der Waals surface area (Å²) < 4.78 is 11.7. The van der Waals surface area contributed by atoms with E-state index in [-0.39, 0.29) is 5.75 Å².